The van der Waals surface area contributed by atoms with E-state index in [1.807, 2.05) is 0 Å². The van der Waals surface area contributed by atoms with Gasteiger partial charge in [-0.1, -0.05) is 18.5 Å². The number of aromatic carboxylic acids is 1. The molecule has 0 amide bonds. The zero-order chi connectivity index (χ0) is 8.43. The summed E-state index contributed by atoms with van der Waals surface area (Å²) in [5.41, 5.74) is 0. The molecule has 1 aromatic heterocycles. The number of nitrogens with zero attached hydrogens (tertiary/aromatic N) is 1. The molecule has 0 unspecified atom stereocenters. The van der Waals surface area contributed by atoms with E-state index in [2.05, 4.69) is 4.98 Å². The van der Waals surface area contributed by atoms with Crippen molar-refractivity contribution in [1.29, 1.82) is 0 Å². The minimum absolute atomic E-state index is 0.130. The topological polar surface area (TPSA) is 63.3 Å². The van der Waals surface area contributed by atoms with Crippen LogP contribution in [0.4, 0.5) is 0 Å². The average Bonchev–Trinajstić information content (AvgIpc) is 2.31. The van der Waals surface area contributed by atoms with Crippen LogP contribution in [0.5, 0.6) is 0 Å². The molecule has 0 bridgehead atoms. The maximum atomic E-state index is 10.3. The number of oxazole rings is 1. The van der Waals surface area contributed by atoms with Gasteiger partial charge in [0, 0.05) is 6.42 Å². The first-order chi connectivity index (χ1) is 5.15. The first-order valence-corrected chi connectivity index (χ1v) is 3.41. The first-order valence-electron chi connectivity index (χ1n) is 3.03. The normalized spacial score (nSPS) is 10.0. The molecule has 0 aromatic carbocycles. The van der Waals surface area contributed by atoms with Crippen LogP contribution in [0.2, 0.25) is 5.15 Å². The van der Waals surface area contributed by atoms with Gasteiger partial charge in [0.05, 0.1) is 0 Å². The summed E-state index contributed by atoms with van der Waals surface area (Å²) in [4.78, 5) is 13.7. The fraction of sp³-hybridized carbons (Fsp3) is 0.333. The Labute approximate surface area is 67.8 Å². The van der Waals surface area contributed by atoms with Crippen molar-refractivity contribution < 1.29 is 14.3 Å². The molecule has 1 rings (SSSR count). The minimum atomic E-state index is -1.20. The van der Waals surface area contributed by atoms with E-state index >= 15 is 0 Å². The molecular weight excluding hydrogens is 170 g/mol. The first kappa shape index (κ1) is 8.07. The third-order valence-corrected chi connectivity index (χ3v) is 1.45. The Balaban J connectivity index is 3.05. The summed E-state index contributed by atoms with van der Waals surface area (Å²) in [7, 11) is 0. The Morgan fingerprint density at radius 2 is 2.45 bits per heavy atom. The highest BCUT2D eigenvalue weighted by molar-refractivity contribution is 6.30. The van der Waals surface area contributed by atoms with Crippen LogP contribution in [0.25, 0.3) is 0 Å². The third-order valence-electron chi connectivity index (χ3n) is 1.15. The number of hydrogen-bond acceptors (Lipinski definition) is 3. The lowest BCUT2D eigenvalue weighted by atomic mass is 10.4. The Morgan fingerprint density at radius 1 is 1.82 bits per heavy atom. The van der Waals surface area contributed by atoms with Crippen LogP contribution in [0.3, 0.4) is 0 Å². The van der Waals surface area contributed by atoms with Gasteiger partial charge < -0.3 is 9.52 Å². The molecule has 4 nitrogen and oxygen atoms in total. The maximum absolute atomic E-state index is 10.3. The van der Waals surface area contributed by atoms with E-state index < -0.39 is 5.97 Å². The smallest absolute Gasteiger partial charge is 0.392 e. The van der Waals surface area contributed by atoms with Crippen molar-refractivity contribution in [2.75, 3.05) is 0 Å². The molecule has 0 saturated carbocycles. The predicted molar refractivity (Wildman–Crippen MR) is 37.9 cm³/mol. The average molecular weight is 176 g/mol. The fourth-order valence-electron chi connectivity index (χ4n) is 0.643. The summed E-state index contributed by atoms with van der Waals surface area (Å²) in [5, 5.41) is 8.53. The van der Waals surface area contributed by atoms with Crippen LogP contribution in [-0.2, 0) is 6.42 Å². The van der Waals surface area contributed by atoms with E-state index in [9.17, 15) is 4.79 Å². The number of aryl methyl sites for hydroxylation is 1. The molecule has 0 fully saturated rings. The molecular formula is C6H6ClNO3. The van der Waals surface area contributed by atoms with E-state index in [0.29, 0.717) is 12.2 Å². The zero-order valence-electron chi connectivity index (χ0n) is 5.80. The number of carbonyl (C=O) groups is 1. The van der Waals surface area contributed by atoms with Crippen LogP contribution in [0, 0.1) is 0 Å². The van der Waals surface area contributed by atoms with Crippen molar-refractivity contribution in [3.05, 3.63) is 16.8 Å². The molecule has 0 aliphatic carbocycles. The lowest BCUT2D eigenvalue weighted by Gasteiger charge is -1.84. The van der Waals surface area contributed by atoms with Crippen molar-refractivity contribution in [3.8, 4) is 0 Å². The van der Waals surface area contributed by atoms with Gasteiger partial charge in [0.25, 0.3) is 0 Å². The molecule has 0 saturated heterocycles. The molecule has 0 aliphatic heterocycles. The number of halogens is 1. The molecule has 11 heavy (non-hydrogen) atoms. The highest BCUT2D eigenvalue weighted by atomic mass is 35.5. The number of rotatable bonds is 2. The Morgan fingerprint density at radius 3 is 2.73 bits per heavy atom. The highest BCUT2D eigenvalue weighted by Crippen LogP contribution is 2.16. The lowest BCUT2D eigenvalue weighted by molar-refractivity contribution is 0.0652. The Bertz CT molecular complexity index is 281. The summed E-state index contributed by atoms with van der Waals surface area (Å²) in [6.45, 7) is 1.80. The predicted octanol–water partition coefficient (Wildman–Crippen LogP) is 1.59. The van der Waals surface area contributed by atoms with E-state index in [0.717, 1.165) is 0 Å². The van der Waals surface area contributed by atoms with Crippen molar-refractivity contribution in [3.63, 3.8) is 0 Å². The minimum Gasteiger partial charge on any atom is -0.474 e. The van der Waals surface area contributed by atoms with E-state index in [1.54, 1.807) is 6.92 Å². The van der Waals surface area contributed by atoms with Gasteiger partial charge in [-0.15, -0.1) is 0 Å². The van der Waals surface area contributed by atoms with Crippen molar-refractivity contribution in [1.82, 2.24) is 4.98 Å². The lowest BCUT2D eigenvalue weighted by Crippen LogP contribution is -1.94. The van der Waals surface area contributed by atoms with Gasteiger partial charge in [0.15, 0.2) is 5.15 Å². The maximum Gasteiger partial charge on any atom is 0.392 e. The SMILES string of the molecule is CCc1oc(C(=O)O)nc1Cl. The Kier molecular flexibility index (Phi) is 2.14. The molecule has 0 spiro atoms. The van der Waals surface area contributed by atoms with E-state index in [4.69, 9.17) is 21.1 Å². The van der Waals surface area contributed by atoms with E-state index in [1.165, 1.54) is 0 Å². The quantitative estimate of drug-likeness (QED) is 0.742. The molecule has 1 heterocycles. The molecule has 0 radical (unpaired) electrons. The van der Waals surface area contributed by atoms with Gasteiger partial charge in [-0.05, 0) is 0 Å². The van der Waals surface area contributed by atoms with Crippen LogP contribution in [0.15, 0.2) is 4.42 Å². The van der Waals surface area contributed by atoms with Gasteiger partial charge in [-0.3, -0.25) is 0 Å². The number of carboxylic acid groups (broad SMARTS) is 1. The summed E-state index contributed by atoms with van der Waals surface area (Å²) in [6.07, 6.45) is 0.541. The second-order valence-electron chi connectivity index (χ2n) is 1.89. The molecule has 5 heteroatoms. The van der Waals surface area contributed by atoms with Crippen molar-refractivity contribution >= 4 is 17.6 Å². The van der Waals surface area contributed by atoms with Gasteiger partial charge in [0.1, 0.15) is 5.76 Å². The zero-order valence-corrected chi connectivity index (χ0v) is 6.55. The van der Waals surface area contributed by atoms with Gasteiger partial charge in [-0.25, -0.2) is 4.79 Å². The van der Waals surface area contributed by atoms with Crippen LogP contribution < -0.4 is 0 Å². The third kappa shape index (κ3) is 1.51. The standard InChI is InChI=1S/C6H6ClNO3/c1-2-3-4(7)8-5(11-3)6(9)10/h2H2,1H3,(H,9,10). The Hall–Kier alpha value is -1.03. The molecule has 1 N–H and O–H groups in total. The van der Waals surface area contributed by atoms with Crippen LogP contribution in [0.1, 0.15) is 23.4 Å². The molecule has 0 aliphatic rings. The summed E-state index contributed by atoms with van der Waals surface area (Å²) >= 11 is 5.52. The number of carboxylic acids is 1. The highest BCUT2D eigenvalue weighted by Gasteiger charge is 2.14. The molecule has 60 valence electrons. The van der Waals surface area contributed by atoms with Crippen LogP contribution in [-0.4, -0.2) is 16.1 Å². The van der Waals surface area contributed by atoms with E-state index in [-0.39, 0.29) is 11.0 Å². The van der Waals surface area contributed by atoms with Gasteiger partial charge in [-0.2, -0.15) is 4.98 Å². The van der Waals surface area contributed by atoms with Crippen LogP contribution >= 0.6 is 11.6 Å². The monoisotopic (exact) mass is 175 g/mol. The second-order valence-corrected chi connectivity index (χ2v) is 2.25. The summed E-state index contributed by atoms with van der Waals surface area (Å²) in [6, 6.07) is 0. The van der Waals surface area contributed by atoms with Crippen molar-refractivity contribution in [2.24, 2.45) is 0 Å². The molecule has 0 atom stereocenters. The number of hydrogen-bond donors (Lipinski definition) is 1. The van der Waals surface area contributed by atoms with Gasteiger partial charge in [0.2, 0.25) is 0 Å². The number of aromatic nitrogens is 1. The summed E-state index contributed by atoms with van der Waals surface area (Å²) < 4.78 is 4.78. The van der Waals surface area contributed by atoms with Crippen molar-refractivity contribution in [2.45, 2.75) is 13.3 Å². The molecule has 1 aromatic rings. The fourth-order valence-corrected chi connectivity index (χ4v) is 0.892. The largest absolute Gasteiger partial charge is 0.474 e. The van der Waals surface area contributed by atoms with Gasteiger partial charge >= 0.3 is 11.9 Å². The second kappa shape index (κ2) is 2.92. The summed E-state index contributed by atoms with van der Waals surface area (Å²) in [5.74, 6) is -1.15.